The average Bonchev–Trinajstić information content (AvgIpc) is 2.63. The van der Waals surface area contributed by atoms with Gasteiger partial charge in [0.1, 0.15) is 5.75 Å². The number of carbonyl (C=O) groups excluding carboxylic acids is 1. The van der Waals surface area contributed by atoms with Crippen LogP contribution in [0.5, 0.6) is 5.75 Å². The van der Waals surface area contributed by atoms with Gasteiger partial charge in [-0.25, -0.2) is 0 Å². The van der Waals surface area contributed by atoms with Crippen LogP contribution in [0.3, 0.4) is 0 Å². The minimum Gasteiger partial charge on any atom is -0.492 e. The van der Waals surface area contributed by atoms with Crippen molar-refractivity contribution in [2.45, 2.75) is 19.9 Å². The summed E-state index contributed by atoms with van der Waals surface area (Å²) in [6.07, 6.45) is 0. The van der Waals surface area contributed by atoms with Crippen molar-refractivity contribution in [3.8, 4) is 5.75 Å². The van der Waals surface area contributed by atoms with E-state index in [0.29, 0.717) is 39.4 Å². The van der Waals surface area contributed by atoms with E-state index in [1.54, 1.807) is 6.07 Å². The molecule has 0 radical (unpaired) electrons. The Labute approximate surface area is 168 Å². The smallest absolute Gasteiger partial charge is 0.255 e. The van der Waals surface area contributed by atoms with E-state index in [0.717, 1.165) is 5.56 Å². The molecule has 2 aromatic rings. The molecule has 1 aliphatic heterocycles. The van der Waals surface area contributed by atoms with E-state index >= 15 is 0 Å². The third kappa shape index (κ3) is 4.40. The van der Waals surface area contributed by atoms with Gasteiger partial charge in [0.15, 0.2) is 5.11 Å². The zero-order chi connectivity index (χ0) is 19.4. The van der Waals surface area contributed by atoms with Gasteiger partial charge in [0, 0.05) is 10.7 Å². The van der Waals surface area contributed by atoms with Gasteiger partial charge < -0.3 is 20.7 Å². The summed E-state index contributed by atoms with van der Waals surface area (Å²) in [4.78, 5) is 13.1. The molecule has 7 heteroatoms. The van der Waals surface area contributed by atoms with Crippen LogP contribution in [0, 0.1) is 0 Å². The minimum atomic E-state index is -0.406. The predicted molar refractivity (Wildman–Crippen MR) is 112 cm³/mol. The molecule has 140 valence electrons. The van der Waals surface area contributed by atoms with E-state index in [4.69, 9.17) is 28.6 Å². The Bertz CT molecular complexity index is 914. The van der Waals surface area contributed by atoms with Crippen molar-refractivity contribution in [2.75, 3.05) is 11.9 Å². The molecule has 27 heavy (non-hydrogen) atoms. The molecule has 0 saturated carbocycles. The molecule has 0 saturated heterocycles. The number of hydrogen-bond donors (Lipinski definition) is 3. The summed E-state index contributed by atoms with van der Waals surface area (Å²) in [5.74, 6) is 0.380. The van der Waals surface area contributed by atoms with Gasteiger partial charge in [-0.05, 0) is 55.9 Å². The first-order chi connectivity index (χ1) is 13.0. The Balaban J connectivity index is 1.95. The van der Waals surface area contributed by atoms with E-state index in [1.165, 1.54) is 0 Å². The lowest BCUT2D eigenvalue weighted by Gasteiger charge is -2.30. The number of para-hydroxylation sites is 2. The monoisotopic (exact) mass is 401 g/mol. The molecule has 5 nitrogen and oxygen atoms in total. The molecule has 3 rings (SSSR count). The number of hydrogen-bond acceptors (Lipinski definition) is 3. The summed E-state index contributed by atoms with van der Waals surface area (Å²) < 4.78 is 5.60. The lowest BCUT2D eigenvalue weighted by atomic mass is 9.95. The van der Waals surface area contributed by atoms with Gasteiger partial charge in [-0.2, -0.15) is 0 Å². The van der Waals surface area contributed by atoms with Crippen molar-refractivity contribution >= 4 is 40.5 Å². The molecule has 3 N–H and O–H groups in total. The van der Waals surface area contributed by atoms with Crippen LogP contribution in [0.2, 0.25) is 5.02 Å². The van der Waals surface area contributed by atoms with Crippen molar-refractivity contribution in [3.05, 3.63) is 70.4 Å². The summed E-state index contributed by atoms with van der Waals surface area (Å²) in [6.45, 7) is 4.24. The number of carbonyl (C=O) groups is 1. The number of rotatable bonds is 5. The molecule has 0 aromatic heterocycles. The summed E-state index contributed by atoms with van der Waals surface area (Å²) >= 11 is 11.4. The zero-order valence-corrected chi connectivity index (χ0v) is 16.6. The second-order valence-corrected chi connectivity index (χ2v) is 6.85. The van der Waals surface area contributed by atoms with Gasteiger partial charge in [0.2, 0.25) is 0 Å². The number of amides is 1. The average molecular weight is 402 g/mol. The van der Waals surface area contributed by atoms with E-state index < -0.39 is 6.04 Å². The first kappa shape index (κ1) is 19.2. The predicted octanol–water partition coefficient (Wildman–Crippen LogP) is 4.17. The molecule has 1 aliphatic rings. The van der Waals surface area contributed by atoms with Gasteiger partial charge >= 0.3 is 0 Å². The van der Waals surface area contributed by atoms with Crippen molar-refractivity contribution in [3.63, 3.8) is 0 Å². The third-order valence-corrected chi connectivity index (χ3v) is 4.59. The first-order valence-corrected chi connectivity index (χ1v) is 9.35. The zero-order valence-electron chi connectivity index (χ0n) is 15.0. The summed E-state index contributed by atoms with van der Waals surface area (Å²) in [5.41, 5.74) is 2.70. The fourth-order valence-electron chi connectivity index (χ4n) is 2.97. The van der Waals surface area contributed by atoms with Crippen molar-refractivity contribution in [1.82, 2.24) is 10.6 Å². The molecule has 0 bridgehead atoms. The van der Waals surface area contributed by atoms with Gasteiger partial charge in [0.25, 0.3) is 5.91 Å². The molecule has 1 amide bonds. The molecular formula is C20H20ClN3O2S. The summed E-state index contributed by atoms with van der Waals surface area (Å²) in [5, 5.41) is 10.2. The Hall–Kier alpha value is -2.57. The van der Waals surface area contributed by atoms with Gasteiger partial charge in [-0.1, -0.05) is 35.9 Å². The fraction of sp³-hybridized carbons (Fsp3) is 0.200. The molecule has 1 atom stereocenters. The SMILES string of the molecule is CCOc1ccccc1NC(=O)C1=C(C)NC(=S)N[C@H]1c1cccc(Cl)c1. The quantitative estimate of drug-likeness (QED) is 0.656. The van der Waals surface area contributed by atoms with Crippen LogP contribution in [0.1, 0.15) is 25.5 Å². The molecule has 2 aromatic carbocycles. The maximum Gasteiger partial charge on any atom is 0.255 e. The van der Waals surface area contributed by atoms with E-state index in [9.17, 15) is 4.79 Å². The molecule has 0 unspecified atom stereocenters. The van der Waals surface area contributed by atoms with Crippen LogP contribution >= 0.6 is 23.8 Å². The van der Waals surface area contributed by atoms with Gasteiger partial charge in [-0.15, -0.1) is 0 Å². The Morgan fingerprint density at radius 3 is 2.78 bits per heavy atom. The second kappa shape index (κ2) is 8.41. The maximum atomic E-state index is 13.1. The molecule has 1 heterocycles. The molecular weight excluding hydrogens is 382 g/mol. The van der Waals surface area contributed by atoms with Crippen LogP contribution in [-0.4, -0.2) is 17.6 Å². The van der Waals surface area contributed by atoms with Gasteiger partial charge in [0.05, 0.1) is 23.9 Å². The number of ether oxygens (including phenoxy) is 1. The number of thiocarbonyl (C=S) groups is 1. The fourth-order valence-corrected chi connectivity index (χ4v) is 3.44. The number of benzene rings is 2. The Morgan fingerprint density at radius 1 is 1.26 bits per heavy atom. The largest absolute Gasteiger partial charge is 0.492 e. The van der Waals surface area contributed by atoms with Crippen LogP contribution in [0.4, 0.5) is 5.69 Å². The Morgan fingerprint density at radius 2 is 2.04 bits per heavy atom. The highest BCUT2D eigenvalue weighted by Crippen LogP contribution is 2.31. The normalized spacial score (nSPS) is 16.4. The summed E-state index contributed by atoms with van der Waals surface area (Å²) in [6, 6.07) is 14.3. The Kier molecular flexibility index (Phi) is 5.98. The number of allylic oxidation sites excluding steroid dienone is 1. The third-order valence-electron chi connectivity index (χ3n) is 4.13. The first-order valence-electron chi connectivity index (χ1n) is 8.56. The topological polar surface area (TPSA) is 62.4 Å². The maximum absolute atomic E-state index is 13.1. The van der Waals surface area contributed by atoms with Crippen molar-refractivity contribution < 1.29 is 9.53 Å². The number of anilines is 1. The number of nitrogens with one attached hydrogen (secondary N) is 3. The van der Waals surface area contributed by atoms with E-state index in [1.807, 2.05) is 56.3 Å². The second-order valence-electron chi connectivity index (χ2n) is 6.01. The van der Waals surface area contributed by atoms with Crippen molar-refractivity contribution in [2.24, 2.45) is 0 Å². The number of halogens is 1. The summed E-state index contributed by atoms with van der Waals surface area (Å²) in [7, 11) is 0. The lowest BCUT2D eigenvalue weighted by Crippen LogP contribution is -2.45. The van der Waals surface area contributed by atoms with Crippen LogP contribution in [0.25, 0.3) is 0 Å². The van der Waals surface area contributed by atoms with E-state index in [-0.39, 0.29) is 5.91 Å². The van der Waals surface area contributed by atoms with Crippen LogP contribution in [-0.2, 0) is 4.79 Å². The molecule has 0 spiro atoms. The van der Waals surface area contributed by atoms with E-state index in [2.05, 4.69) is 16.0 Å². The molecule has 0 fully saturated rings. The highest BCUT2D eigenvalue weighted by Gasteiger charge is 2.30. The van der Waals surface area contributed by atoms with Crippen LogP contribution < -0.4 is 20.7 Å². The van der Waals surface area contributed by atoms with Gasteiger partial charge in [-0.3, -0.25) is 4.79 Å². The van der Waals surface area contributed by atoms with Crippen LogP contribution in [0.15, 0.2) is 59.8 Å². The molecule has 0 aliphatic carbocycles. The highest BCUT2D eigenvalue weighted by molar-refractivity contribution is 7.80. The minimum absolute atomic E-state index is 0.243. The standard InChI is InChI=1S/C20H20ClN3O2S/c1-3-26-16-10-5-4-9-15(16)23-19(25)17-12(2)22-20(27)24-18(17)13-7-6-8-14(21)11-13/h4-11,18H,3H2,1-2H3,(H,23,25)(H2,22,24,27)/t18-/m0/s1. The van der Waals surface area contributed by atoms with Crippen molar-refractivity contribution in [1.29, 1.82) is 0 Å². The highest BCUT2D eigenvalue weighted by atomic mass is 35.5. The lowest BCUT2D eigenvalue weighted by molar-refractivity contribution is -0.113.